The van der Waals surface area contributed by atoms with Crippen LogP contribution >= 0.6 is 0 Å². The molecule has 0 spiro atoms. The van der Waals surface area contributed by atoms with E-state index in [1.807, 2.05) is 39.0 Å². The molecule has 0 unspecified atom stereocenters. The molecule has 0 saturated heterocycles. The van der Waals surface area contributed by atoms with Crippen molar-refractivity contribution < 1.29 is 9.53 Å². The SMILES string of the molecule is CCOCCn1c(CNC(=O)C(CC)CC)nc2ccccc21. The number of amides is 1. The molecule has 1 heterocycles. The average Bonchev–Trinajstić information content (AvgIpc) is 2.92. The summed E-state index contributed by atoms with van der Waals surface area (Å²) in [6, 6.07) is 8.04. The maximum absolute atomic E-state index is 12.2. The molecule has 0 aliphatic carbocycles. The zero-order valence-corrected chi connectivity index (χ0v) is 14.3. The van der Waals surface area contributed by atoms with Gasteiger partial charge in [0.05, 0.1) is 24.2 Å². The first-order chi connectivity index (χ1) is 11.2. The molecule has 1 amide bonds. The normalized spacial score (nSPS) is 11.3. The smallest absolute Gasteiger partial charge is 0.223 e. The molecule has 0 atom stereocenters. The largest absolute Gasteiger partial charge is 0.380 e. The van der Waals surface area contributed by atoms with Crippen molar-refractivity contribution in [3.8, 4) is 0 Å². The highest BCUT2D eigenvalue weighted by Crippen LogP contribution is 2.16. The summed E-state index contributed by atoms with van der Waals surface area (Å²) in [5.41, 5.74) is 2.04. The Morgan fingerprint density at radius 1 is 1.26 bits per heavy atom. The number of rotatable bonds is 9. The summed E-state index contributed by atoms with van der Waals surface area (Å²) >= 11 is 0. The molecule has 5 heteroatoms. The van der Waals surface area contributed by atoms with Gasteiger partial charge in [0.1, 0.15) is 5.82 Å². The molecule has 126 valence electrons. The molecule has 0 aliphatic rings. The predicted molar refractivity (Wildman–Crippen MR) is 92.1 cm³/mol. The number of aromatic nitrogens is 2. The molecule has 1 N–H and O–H groups in total. The number of imidazole rings is 1. The van der Waals surface area contributed by atoms with E-state index < -0.39 is 0 Å². The first kappa shape index (κ1) is 17.5. The van der Waals surface area contributed by atoms with Crippen LogP contribution in [0.5, 0.6) is 0 Å². The van der Waals surface area contributed by atoms with Gasteiger partial charge in [-0.3, -0.25) is 4.79 Å². The van der Waals surface area contributed by atoms with E-state index in [9.17, 15) is 4.79 Å². The quantitative estimate of drug-likeness (QED) is 0.723. The summed E-state index contributed by atoms with van der Waals surface area (Å²) < 4.78 is 7.61. The van der Waals surface area contributed by atoms with Gasteiger partial charge < -0.3 is 14.6 Å². The third-order valence-electron chi connectivity index (χ3n) is 4.17. The molecule has 0 fully saturated rings. The number of hydrogen-bond donors (Lipinski definition) is 1. The Bertz CT molecular complexity index is 632. The van der Waals surface area contributed by atoms with Crippen LogP contribution in [0.4, 0.5) is 0 Å². The van der Waals surface area contributed by atoms with E-state index in [0.717, 1.165) is 36.2 Å². The number of carbonyl (C=O) groups is 1. The molecule has 2 aromatic rings. The Kier molecular flexibility index (Phi) is 6.59. The summed E-state index contributed by atoms with van der Waals surface area (Å²) in [4.78, 5) is 16.9. The number of hydrogen-bond acceptors (Lipinski definition) is 3. The van der Waals surface area contributed by atoms with Gasteiger partial charge >= 0.3 is 0 Å². The Balaban J connectivity index is 2.15. The van der Waals surface area contributed by atoms with Gasteiger partial charge in [-0.05, 0) is 31.9 Å². The Labute approximate surface area is 138 Å². The summed E-state index contributed by atoms with van der Waals surface area (Å²) in [6.07, 6.45) is 1.73. The van der Waals surface area contributed by atoms with Gasteiger partial charge in [-0.25, -0.2) is 4.98 Å². The average molecular weight is 317 g/mol. The second kappa shape index (κ2) is 8.67. The first-order valence-electron chi connectivity index (χ1n) is 8.50. The van der Waals surface area contributed by atoms with E-state index in [4.69, 9.17) is 4.74 Å². The summed E-state index contributed by atoms with van der Waals surface area (Å²) in [7, 11) is 0. The topological polar surface area (TPSA) is 56.1 Å². The van der Waals surface area contributed by atoms with Crippen molar-refractivity contribution in [2.75, 3.05) is 13.2 Å². The Hall–Kier alpha value is -1.88. The van der Waals surface area contributed by atoms with Crippen LogP contribution in [0, 0.1) is 5.92 Å². The van der Waals surface area contributed by atoms with E-state index in [1.54, 1.807) is 0 Å². The van der Waals surface area contributed by atoms with E-state index in [2.05, 4.69) is 20.9 Å². The summed E-state index contributed by atoms with van der Waals surface area (Å²) in [5, 5.41) is 3.03. The molecule has 0 saturated carbocycles. The Morgan fingerprint density at radius 3 is 2.70 bits per heavy atom. The highest BCUT2D eigenvalue weighted by atomic mass is 16.5. The second-order valence-electron chi connectivity index (χ2n) is 5.60. The van der Waals surface area contributed by atoms with Crippen molar-refractivity contribution in [2.45, 2.75) is 46.7 Å². The molecule has 5 nitrogen and oxygen atoms in total. The molecular weight excluding hydrogens is 290 g/mol. The lowest BCUT2D eigenvalue weighted by Gasteiger charge is -2.14. The van der Waals surface area contributed by atoms with Gasteiger partial charge in [0, 0.05) is 19.1 Å². The molecule has 0 radical (unpaired) electrons. The number of para-hydroxylation sites is 2. The monoisotopic (exact) mass is 317 g/mol. The van der Waals surface area contributed by atoms with E-state index >= 15 is 0 Å². The van der Waals surface area contributed by atoms with Crippen LogP contribution in [0.2, 0.25) is 0 Å². The van der Waals surface area contributed by atoms with Crippen molar-refractivity contribution in [3.05, 3.63) is 30.1 Å². The second-order valence-corrected chi connectivity index (χ2v) is 5.60. The van der Waals surface area contributed by atoms with Crippen LogP contribution in [-0.4, -0.2) is 28.7 Å². The molecule has 2 rings (SSSR count). The lowest BCUT2D eigenvalue weighted by atomic mass is 10.0. The number of nitrogens with zero attached hydrogens (tertiary/aromatic N) is 2. The highest BCUT2D eigenvalue weighted by Gasteiger charge is 2.16. The molecule has 1 aromatic carbocycles. The van der Waals surface area contributed by atoms with Gasteiger partial charge in [-0.1, -0.05) is 26.0 Å². The van der Waals surface area contributed by atoms with Crippen LogP contribution in [-0.2, 0) is 22.6 Å². The third kappa shape index (κ3) is 4.32. The third-order valence-corrected chi connectivity index (χ3v) is 4.17. The van der Waals surface area contributed by atoms with Crippen LogP contribution in [0.25, 0.3) is 11.0 Å². The maximum Gasteiger partial charge on any atom is 0.223 e. The molecule has 0 aliphatic heterocycles. The molecule has 0 bridgehead atoms. The van der Waals surface area contributed by atoms with Crippen molar-refractivity contribution in [1.29, 1.82) is 0 Å². The van der Waals surface area contributed by atoms with E-state index in [-0.39, 0.29) is 11.8 Å². The first-order valence-corrected chi connectivity index (χ1v) is 8.50. The van der Waals surface area contributed by atoms with Gasteiger partial charge in [0.25, 0.3) is 0 Å². The van der Waals surface area contributed by atoms with Crippen molar-refractivity contribution in [2.24, 2.45) is 5.92 Å². The molecule has 23 heavy (non-hydrogen) atoms. The highest BCUT2D eigenvalue weighted by molar-refractivity contribution is 5.79. The molecule has 1 aromatic heterocycles. The number of benzene rings is 1. The van der Waals surface area contributed by atoms with Crippen molar-refractivity contribution >= 4 is 16.9 Å². The fourth-order valence-corrected chi connectivity index (χ4v) is 2.78. The van der Waals surface area contributed by atoms with Crippen molar-refractivity contribution in [3.63, 3.8) is 0 Å². The zero-order valence-electron chi connectivity index (χ0n) is 14.3. The van der Waals surface area contributed by atoms with Gasteiger partial charge in [0.2, 0.25) is 5.91 Å². The predicted octanol–water partition coefficient (Wildman–Crippen LogP) is 3.13. The number of ether oxygens (including phenoxy) is 1. The lowest BCUT2D eigenvalue weighted by Crippen LogP contribution is -2.30. The fraction of sp³-hybridized carbons (Fsp3) is 0.556. The fourth-order valence-electron chi connectivity index (χ4n) is 2.78. The Morgan fingerprint density at radius 2 is 2.00 bits per heavy atom. The van der Waals surface area contributed by atoms with E-state index in [1.165, 1.54) is 0 Å². The minimum absolute atomic E-state index is 0.0799. The number of nitrogens with one attached hydrogen (secondary N) is 1. The standard InChI is InChI=1S/C18H27N3O2/c1-4-14(5-2)18(22)19-13-17-20-15-9-7-8-10-16(15)21(17)11-12-23-6-3/h7-10,14H,4-6,11-13H2,1-3H3,(H,19,22). The lowest BCUT2D eigenvalue weighted by molar-refractivity contribution is -0.125. The molecular formula is C18H27N3O2. The van der Waals surface area contributed by atoms with Gasteiger partial charge in [-0.15, -0.1) is 0 Å². The van der Waals surface area contributed by atoms with Crippen LogP contribution in [0.15, 0.2) is 24.3 Å². The van der Waals surface area contributed by atoms with E-state index in [0.29, 0.717) is 19.8 Å². The maximum atomic E-state index is 12.2. The van der Waals surface area contributed by atoms with Crippen molar-refractivity contribution in [1.82, 2.24) is 14.9 Å². The zero-order chi connectivity index (χ0) is 16.7. The number of carbonyl (C=O) groups excluding carboxylic acids is 1. The minimum Gasteiger partial charge on any atom is -0.380 e. The van der Waals surface area contributed by atoms with Crippen LogP contribution < -0.4 is 5.32 Å². The summed E-state index contributed by atoms with van der Waals surface area (Å²) in [6.45, 7) is 8.62. The van der Waals surface area contributed by atoms with Gasteiger partial charge in [-0.2, -0.15) is 0 Å². The van der Waals surface area contributed by atoms with Gasteiger partial charge in [0.15, 0.2) is 0 Å². The minimum atomic E-state index is 0.0799. The summed E-state index contributed by atoms with van der Waals surface area (Å²) in [5.74, 6) is 1.07. The number of fused-ring (bicyclic) bond motifs is 1. The van der Waals surface area contributed by atoms with Crippen LogP contribution in [0.3, 0.4) is 0 Å². The van der Waals surface area contributed by atoms with Crippen LogP contribution in [0.1, 0.15) is 39.4 Å².